The van der Waals surface area contributed by atoms with Crippen molar-refractivity contribution in [1.29, 1.82) is 0 Å². The van der Waals surface area contributed by atoms with Crippen molar-refractivity contribution in [2.45, 2.75) is 0 Å². The van der Waals surface area contributed by atoms with Gasteiger partial charge in [0.2, 0.25) is 0 Å². The Morgan fingerprint density at radius 3 is 2.33 bits per heavy atom. The van der Waals surface area contributed by atoms with Crippen molar-refractivity contribution in [2.24, 2.45) is 0 Å². The highest BCUT2D eigenvalue weighted by atomic mass is 16.5. The third-order valence-corrected chi connectivity index (χ3v) is 4.82. The minimum atomic E-state index is -0.383. The second-order valence-corrected chi connectivity index (χ2v) is 6.86. The summed E-state index contributed by atoms with van der Waals surface area (Å²) in [6, 6.07) is 13.4. The van der Waals surface area contributed by atoms with Crippen LogP contribution in [0.4, 0.5) is 5.69 Å². The van der Waals surface area contributed by atoms with Gasteiger partial charge in [0.15, 0.2) is 17.2 Å². The molecule has 2 aromatic heterocycles. The number of hydrogen-bond acceptors (Lipinski definition) is 7. The molecule has 2 heterocycles. The minimum Gasteiger partial charge on any atom is -0.493 e. The van der Waals surface area contributed by atoms with Crippen molar-refractivity contribution >= 4 is 28.4 Å². The molecular formula is C23H21N5O5. The molecule has 2 amide bonds. The first-order valence-corrected chi connectivity index (χ1v) is 9.90. The Hall–Kier alpha value is -4.60. The monoisotopic (exact) mass is 447 g/mol. The van der Waals surface area contributed by atoms with E-state index in [-0.39, 0.29) is 23.2 Å². The van der Waals surface area contributed by atoms with E-state index in [9.17, 15) is 9.59 Å². The molecule has 0 aliphatic heterocycles. The standard InChI is InChI=1S/C23H21N5O5/c1-24-22(29)18-10-15(8-9-25-18)33-14-6-4-13(5-7-14)26-23(30)21-16-11-19(31-2)20(32-3)12-17(16)27-28-21/h4-12H,1-3H3,(H,24,29)(H,26,30)(H,27,28). The number of hydrogen-bond donors (Lipinski definition) is 3. The lowest BCUT2D eigenvalue weighted by Gasteiger charge is -2.09. The molecule has 10 nitrogen and oxygen atoms in total. The third-order valence-electron chi connectivity index (χ3n) is 4.82. The molecule has 3 N–H and O–H groups in total. The number of nitrogens with one attached hydrogen (secondary N) is 3. The number of anilines is 1. The quantitative estimate of drug-likeness (QED) is 0.396. The second kappa shape index (κ2) is 9.27. The largest absolute Gasteiger partial charge is 0.493 e. The van der Waals surface area contributed by atoms with Gasteiger partial charge in [-0.05, 0) is 36.4 Å². The van der Waals surface area contributed by atoms with E-state index in [1.165, 1.54) is 27.5 Å². The molecule has 0 saturated carbocycles. The van der Waals surface area contributed by atoms with Crippen LogP contribution in [0.15, 0.2) is 54.7 Å². The molecule has 0 fully saturated rings. The number of carbonyl (C=O) groups is 2. The summed E-state index contributed by atoms with van der Waals surface area (Å²) in [5, 5.41) is 12.9. The topological polar surface area (TPSA) is 127 Å². The SMILES string of the molecule is CNC(=O)c1cc(Oc2ccc(NC(=O)c3n[nH]c4cc(OC)c(OC)cc34)cc2)ccn1. The van der Waals surface area contributed by atoms with Crippen LogP contribution >= 0.6 is 0 Å². The summed E-state index contributed by atoms with van der Waals surface area (Å²) in [5.41, 5.74) is 1.68. The lowest BCUT2D eigenvalue weighted by atomic mass is 10.1. The zero-order valence-electron chi connectivity index (χ0n) is 18.1. The first-order chi connectivity index (χ1) is 16.0. The molecule has 2 aromatic carbocycles. The van der Waals surface area contributed by atoms with Crippen LogP contribution in [0.3, 0.4) is 0 Å². The van der Waals surface area contributed by atoms with Crippen molar-refractivity contribution in [3.8, 4) is 23.0 Å². The minimum absolute atomic E-state index is 0.227. The molecule has 0 aliphatic carbocycles. The Morgan fingerprint density at radius 1 is 0.909 bits per heavy atom. The maximum absolute atomic E-state index is 12.8. The van der Waals surface area contributed by atoms with Crippen molar-refractivity contribution in [3.63, 3.8) is 0 Å². The van der Waals surface area contributed by atoms with Crippen LogP contribution in [-0.4, -0.2) is 48.3 Å². The molecule has 4 rings (SSSR count). The predicted octanol–water partition coefficient (Wildman–Crippen LogP) is 3.38. The van der Waals surface area contributed by atoms with E-state index in [2.05, 4.69) is 25.8 Å². The number of carbonyl (C=O) groups excluding carboxylic acids is 2. The Kier molecular flexibility index (Phi) is 6.07. The van der Waals surface area contributed by atoms with Gasteiger partial charge in [0.1, 0.15) is 17.2 Å². The molecule has 0 aliphatic rings. The van der Waals surface area contributed by atoms with Gasteiger partial charge in [-0.1, -0.05) is 0 Å². The Bertz CT molecular complexity index is 1320. The average molecular weight is 447 g/mol. The molecule has 0 radical (unpaired) electrons. The van der Waals surface area contributed by atoms with E-state index < -0.39 is 0 Å². The molecule has 0 spiro atoms. The van der Waals surface area contributed by atoms with E-state index in [0.717, 1.165) is 0 Å². The number of aromatic nitrogens is 3. The van der Waals surface area contributed by atoms with Gasteiger partial charge in [0.25, 0.3) is 11.8 Å². The normalized spacial score (nSPS) is 10.5. The van der Waals surface area contributed by atoms with Crippen LogP contribution < -0.4 is 24.8 Å². The molecule has 0 unspecified atom stereocenters. The number of nitrogens with zero attached hydrogens (tertiary/aromatic N) is 2. The van der Waals surface area contributed by atoms with Crippen LogP contribution in [0.2, 0.25) is 0 Å². The van der Waals surface area contributed by atoms with Gasteiger partial charge in [-0.25, -0.2) is 0 Å². The van der Waals surface area contributed by atoms with E-state index >= 15 is 0 Å². The van der Waals surface area contributed by atoms with E-state index in [1.807, 2.05) is 0 Å². The highest BCUT2D eigenvalue weighted by Gasteiger charge is 2.17. The molecule has 33 heavy (non-hydrogen) atoms. The lowest BCUT2D eigenvalue weighted by Crippen LogP contribution is -2.18. The zero-order valence-corrected chi connectivity index (χ0v) is 18.1. The van der Waals surface area contributed by atoms with Gasteiger partial charge in [0, 0.05) is 36.5 Å². The van der Waals surface area contributed by atoms with Gasteiger partial charge in [-0.15, -0.1) is 0 Å². The molecule has 0 bridgehead atoms. The fraction of sp³-hybridized carbons (Fsp3) is 0.130. The number of amides is 2. The Balaban J connectivity index is 1.48. The summed E-state index contributed by atoms with van der Waals surface area (Å²) in [5.74, 6) is 1.34. The van der Waals surface area contributed by atoms with Crippen molar-refractivity contribution in [2.75, 3.05) is 26.6 Å². The highest BCUT2D eigenvalue weighted by Crippen LogP contribution is 2.33. The van der Waals surface area contributed by atoms with E-state index in [0.29, 0.717) is 39.6 Å². The highest BCUT2D eigenvalue weighted by molar-refractivity contribution is 6.11. The number of H-pyrrole nitrogens is 1. The molecule has 10 heteroatoms. The molecule has 4 aromatic rings. The average Bonchev–Trinajstić information content (AvgIpc) is 3.27. The van der Waals surface area contributed by atoms with E-state index in [1.54, 1.807) is 48.5 Å². The number of fused-ring (bicyclic) bond motifs is 1. The molecule has 0 saturated heterocycles. The zero-order chi connectivity index (χ0) is 23.4. The first-order valence-electron chi connectivity index (χ1n) is 9.90. The molecule has 0 atom stereocenters. The first kappa shape index (κ1) is 21.6. The van der Waals surface area contributed by atoms with Gasteiger partial charge in [-0.2, -0.15) is 5.10 Å². The van der Waals surface area contributed by atoms with Crippen LogP contribution in [-0.2, 0) is 0 Å². The van der Waals surface area contributed by atoms with Crippen molar-refractivity contribution in [1.82, 2.24) is 20.5 Å². The van der Waals surface area contributed by atoms with Gasteiger partial charge < -0.3 is 24.8 Å². The summed E-state index contributed by atoms with van der Waals surface area (Å²) in [4.78, 5) is 28.5. The fourth-order valence-electron chi connectivity index (χ4n) is 3.18. The number of aromatic amines is 1. The Labute approximate surface area is 188 Å². The lowest BCUT2D eigenvalue weighted by molar-refractivity contribution is 0.0957. The summed E-state index contributed by atoms with van der Waals surface area (Å²) >= 11 is 0. The second-order valence-electron chi connectivity index (χ2n) is 6.86. The third kappa shape index (κ3) is 4.54. The molecular weight excluding hydrogens is 426 g/mol. The summed E-state index contributed by atoms with van der Waals surface area (Å²) in [6.45, 7) is 0. The number of benzene rings is 2. The number of methoxy groups -OCH3 is 2. The maximum atomic E-state index is 12.8. The smallest absolute Gasteiger partial charge is 0.276 e. The van der Waals surface area contributed by atoms with Crippen molar-refractivity contribution in [3.05, 3.63) is 66.1 Å². The van der Waals surface area contributed by atoms with Crippen LogP contribution in [0.5, 0.6) is 23.0 Å². The Morgan fingerprint density at radius 2 is 1.64 bits per heavy atom. The van der Waals surface area contributed by atoms with Crippen LogP contribution in [0.25, 0.3) is 10.9 Å². The number of ether oxygens (including phenoxy) is 3. The summed E-state index contributed by atoms with van der Waals surface area (Å²) in [7, 11) is 4.60. The van der Waals surface area contributed by atoms with Gasteiger partial charge in [0.05, 0.1) is 19.7 Å². The van der Waals surface area contributed by atoms with E-state index in [4.69, 9.17) is 14.2 Å². The molecule has 168 valence electrons. The van der Waals surface area contributed by atoms with Gasteiger partial charge >= 0.3 is 0 Å². The maximum Gasteiger partial charge on any atom is 0.276 e. The fourth-order valence-corrected chi connectivity index (χ4v) is 3.18. The summed E-state index contributed by atoms with van der Waals surface area (Å²) < 4.78 is 16.4. The van der Waals surface area contributed by atoms with Gasteiger partial charge in [-0.3, -0.25) is 19.7 Å². The van der Waals surface area contributed by atoms with Crippen molar-refractivity contribution < 1.29 is 23.8 Å². The van der Waals surface area contributed by atoms with Crippen LogP contribution in [0, 0.1) is 0 Å². The predicted molar refractivity (Wildman–Crippen MR) is 121 cm³/mol. The number of rotatable bonds is 7. The van der Waals surface area contributed by atoms with Crippen LogP contribution in [0.1, 0.15) is 21.0 Å². The number of pyridine rings is 1. The summed E-state index contributed by atoms with van der Waals surface area (Å²) in [6.07, 6.45) is 1.49.